The van der Waals surface area contributed by atoms with Crippen molar-refractivity contribution in [1.82, 2.24) is 15.1 Å². The lowest BCUT2D eigenvalue weighted by Crippen LogP contribution is -2.45. The maximum absolute atomic E-state index is 13.0. The minimum absolute atomic E-state index is 0.112. The molecule has 0 spiro atoms. The van der Waals surface area contributed by atoms with Gasteiger partial charge in [0.05, 0.1) is 0 Å². The molecule has 0 bridgehead atoms. The minimum atomic E-state index is -0.299. The molecule has 0 aliphatic carbocycles. The fourth-order valence-electron chi connectivity index (χ4n) is 3.59. The summed E-state index contributed by atoms with van der Waals surface area (Å²) in [6.45, 7) is 2.04. The number of piperidine rings is 1. The second-order valence-corrected chi connectivity index (χ2v) is 6.91. The van der Waals surface area contributed by atoms with E-state index in [-0.39, 0.29) is 23.7 Å². The van der Waals surface area contributed by atoms with E-state index < -0.39 is 0 Å². The van der Waals surface area contributed by atoms with Gasteiger partial charge < -0.3 is 14.1 Å². The molecule has 1 amide bonds. The molecule has 7 heteroatoms. The molecule has 1 aromatic carbocycles. The maximum atomic E-state index is 13.0. The van der Waals surface area contributed by atoms with E-state index >= 15 is 0 Å². The molecule has 26 heavy (non-hydrogen) atoms. The van der Waals surface area contributed by atoms with Crippen molar-refractivity contribution in [1.29, 1.82) is 0 Å². The Bertz CT molecular complexity index is 748. The number of aromatic nitrogens is 2. The number of ether oxygens (including phenoxy) is 1. The van der Waals surface area contributed by atoms with E-state index in [1.807, 2.05) is 4.90 Å². The molecule has 2 fully saturated rings. The van der Waals surface area contributed by atoms with Crippen LogP contribution < -0.4 is 0 Å². The minimum Gasteiger partial charge on any atom is -0.420 e. The Hall–Kier alpha value is -2.28. The van der Waals surface area contributed by atoms with Crippen LogP contribution in [0.15, 0.2) is 28.7 Å². The molecule has 1 unspecified atom stereocenters. The number of benzene rings is 1. The van der Waals surface area contributed by atoms with Crippen molar-refractivity contribution in [3.8, 4) is 11.5 Å². The molecule has 3 heterocycles. The Morgan fingerprint density at radius 3 is 2.54 bits per heavy atom. The van der Waals surface area contributed by atoms with Gasteiger partial charge in [-0.15, -0.1) is 10.2 Å². The summed E-state index contributed by atoms with van der Waals surface area (Å²) in [5.41, 5.74) is 0.701. The molecule has 2 aliphatic heterocycles. The lowest BCUT2D eigenvalue weighted by atomic mass is 9.96. The topological polar surface area (TPSA) is 68.5 Å². The van der Waals surface area contributed by atoms with Crippen LogP contribution in [0.2, 0.25) is 0 Å². The van der Waals surface area contributed by atoms with Gasteiger partial charge in [-0.2, -0.15) is 0 Å². The van der Waals surface area contributed by atoms with Gasteiger partial charge in [0.25, 0.3) is 5.91 Å². The van der Waals surface area contributed by atoms with E-state index in [1.54, 1.807) is 12.1 Å². The van der Waals surface area contributed by atoms with Gasteiger partial charge in [-0.1, -0.05) is 0 Å². The summed E-state index contributed by atoms with van der Waals surface area (Å²) < 4.78 is 24.4. The number of hydrogen-bond donors (Lipinski definition) is 0. The van der Waals surface area contributed by atoms with Gasteiger partial charge in [0.15, 0.2) is 0 Å². The molecule has 138 valence electrons. The number of carbonyl (C=O) groups is 1. The largest absolute Gasteiger partial charge is 0.420 e. The van der Waals surface area contributed by atoms with Crippen LogP contribution in [0.3, 0.4) is 0 Å². The number of carbonyl (C=O) groups excluding carboxylic acids is 1. The van der Waals surface area contributed by atoms with Gasteiger partial charge in [-0.3, -0.25) is 4.79 Å². The molecule has 2 aliphatic rings. The van der Waals surface area contributed by atoms with E-state index in [9.17, 15) is 9.18 Å². The Morgan fingerprint density at radius 1 is 1.08 bits per heavy atom. The van der Waals surface area contributed by atoms with Gasteiger partial charge in [-0.05, 0) is 56.4 Å². The zero-order valence-electron chi connectivity index (χ0n) is 14.6. The third kappa shape index (κ3) is 3.62. The van der Waals surface area contributed by atoms with Gasteiger partial charge in [0.1, 0.15) is 11.9 Å². The Kier molecular flexibility index (Phi) is 4.97. The zero-order valence-corrected chi connectivity index (χ0v) is 14.6. The Balaban J connectivity index is 1.36. The van der Waals surface area contributed by atoms with E-state index in [2.05, 4.69) is 10.2 Å². The molecule has 0 radical (unpaired) electrons. The van der Waals surface area contributed by atoms with Crippen LogP contribution in [0.5, 0.6) is 0 Å². The fraction of sp³-hybridized carbons (Fsp3) is 0.526. The SMILES string of the molecule is O=C(C1CCCCO1)N1CCC(c2nnc(-c3ccc(F)cc3)o2)CC1. The van der Waals surface area contributed by atoms with E-state index in [0.717, 1.165) is 32.1 Å². The third-order valence-electron chi connectivity index (χ3n) is 5.14. The summed E-state index contributed by atoms with van der Waals surface area (Å²) in [5, 5.41) is 8.24. The highest BCUT2D eigenvalue weighted by Crippen LogP contribution is 2.30. The lowest BCUT2D eigenvalue weighted by molar-refractivity contribution is -0.147. The first kappa shape index (κ1) is 17.1. The summed E-state index contributed by atoms with van der Waals surface area (Å²) in [6, 6.07) is 5.99. The molecule has 4 rings (SSSR count). The molecule has 2 saturated heterocycles. The predicted octanol–water partition coefficient (Wildman–Crippen LogP) is 3.15. The summed E-state index contributed by atoms with van der Waals surface area (Å²) in [7, 11) is 0. The highest BCUT2D eigenvalue weighted by molar-refractivity contribution is 5.81. The summed E-state index contributed by atoms with van der Waals surface area (Å²) in [5.74, 6) is 0.945. The maximum Gasteiger partial charge on any atom is 0.251 e. The quantitative estimate of drug-likeness (QED) is 0.842. The molecule has 0 saturated carbocycles. The monoisotopic (exact) mass is 359 g/mol. The van der Waals surface area contributed by atoms with Crippen LogP contribution in [-0.4, -0.2) is 46.8 Å². The van der Waals surface area contributed by atoms with Crippen LogP contribution in [0.4, 0.5) is 4.39 Å². The number of amides is 1. The normalized spacial score (nSPS) is 21.7. The number of halogens is 1. The van der Waals surface area contributed by atoms with Crippen LogP contribution >= 0.6 is 0 Å². The number of nitrogens with zero attached hydrogens (tertiary/aromatic N) is 3. The number of hydrogen-bond acceptors (Lipinski definition) is 5. The van der Waals surface area contributed by atoms with Gasteiger partial charge in [0, 0.05) is 31.2 Å². The van der Waals surface area contributed by atoms with Crippen LogP contribution in [0, 0.1) is 5.82 Å². The van der Waals surface area contributed by atoms with E-state index in [1.165, 1.54) is 12.1 Å². The lowest BCUT2D eigenvalue weighted by Gasteiger charge is -2.34. The van der Waals surface area contributed by atoms with E-state index in [4.69, 9.17) is 9.15 Å². The van der Waals surface area contributed by atoms with Gasteiger partial charge >= 0.3 is 0 Å². The summed E-state index contributed by atoms with van der Waals surface area (Å²) >= 11 is 0. The van der Waals surface area contributed by atoms with Crippen molar-refractivity contribution in [2.45, 2.75) is 44.1 Å². The van der Waals surface area contributed by atoms with Crippen LogP contribution in [0.1, 0.15) is 43.9 Å². The van der Waals surface area contributed by atoms with Gasteiger partial charge in [-0.25, -0.2) is 4.39 Å². The molecule has 1 aromatic heterocycles. The average Bonchev–Trinajstić information content (AvgIpc) is 3.19. The second kappa shape index (κ2) is 7.53. The molecule has 1 atom stereocenters. The van der Waals surface area contributed by atoms with Crippen molar-refractivity contribution in [2.24, 2.45) is 0 Å². The second-order valence-electron chi connectivity index (χ2n) is 6.91. The first-order valence-electron chi connectivity index (χ1n) is 9.20. The van der Waals surface area contributed by atoms with Crippen LogP contribution in [0.25, 0.3) is 11.5 Å². The van der Waals surface area contributed by atoms with Gasteiger partial charge in [0.2, 0.25) is 11.8 Å². The smallest absolute Gasteiger partial charge is 0.251 e. The highest BCUT2D eigenvalue weighted by atomic mass is 19.1. The Morgan fingerprint density at radius 2 is 1.85 bits per heavy atom. The molecule has 0 N–H and O–H groups in total. The summed E-state index contributed by atoms with van der Waals surface area (Å²) in [4.78, 5) is 14.4. The van der Waals surface area contributed by atoms with Crippen molar-refractivity contribution in [3.63, 3.8) is 0 Å². The number of likely N-dealkylation sites (tertiary alicyclic amines) is 1. The first-order valence-corrected chi connectivity index (χ1v) is 9.20. The van der Waals surface area contributed by atoms with Crippen LogP contribution in [-0.2, 0) is 9.53 Å². The molecular formula is C19H22FN3O3. The zero-order chi connectivity index (χ0) is 17.9. The number of rotatable bonds is 3. The molecule has 6 nitrogen and oxygen atoms in total. The van der Waals surface area contributed by atoms with Crippen molar-refractivity contribution in [3.05, 3.63) is 36.0 Å². The van der Waals surface area contributed by atoms with Crippen molar-refractivity contribution < 1.29 is 18.3 Å². The van der Waals surface area contributed by atoms with E-state index in [0.29, 0.717) is 37.0 Å². The molecular weight excluding hydrogens is 337 g/mol. The average molecular weight is 359 g/mol. The first-order chi connectivity index (χ1) is 12.7. The predicted molar refractivity (Wildman–Crippen MR) is 91.8 cm³/mol. The fourth-order valence-corrected chi connectivity index (χ4v) is 3.59. The Labute approximate surface area is 151 Å². The summed E-state index contributed by atoms with van der Waals surface area (Å²) in [6.07, 6.45) is 4.24. The standard InChI is InChI=1S/C19H22FN3O3/c20-15-6-4-13(5-7-15)17-21-22-18(26-17)14-8-10-23(11-9-14)19(24)16-3-1-2-12-25-16/h4-7,14,16H,1-3,8-12H2. The molecule has 2 aromatic rings. The third-order valence-corrected chi connectivity index (χ3v) is 5.14. The van der Waals surface area contributed by atoms with Crippen molar-refractivity contribution in [2.75, 3.05) is 19.7 Å². The highest BCUT2D eigenvalue weighted by Gasteiger charge is 2.32. The van der Waals surface area contributed by atoms with Crippen molar-refractivity contribution >= 4 is 5.91 Å².